The van der Waals surface area contributed by atoms with Gasteiger partial charge >= 0.3 is 0 Å². The van der Waals surface area contributed by atoms with E-state index in [9.17, 15) is 0 Å². The third-order valence-corrected chi connectivity index (χ3v) is 2.36. The second kappa shape index (κ2) is 6.84. The molecule has 18 heavy (non-hydrogen) atoms. The molecule has 0 amide bonds. The van der Waals surface area contributed by atoms with Crippen molar-refractivity contribution in [2.24, 2.45) is 5.11 Å². The van der Waals surface area contributed by atoms with Crippen molar-refractivity contribution in [3.8, 4) is 0 Å². The van der Waals surface area contributed by atoms with E-state index in [-0.39, 0.29) is 5.54 Å². The van der Waals surface area contributed by atoms with E-state index in [1.165, 1.54) is 5.56 Å². The van der Waals surface area contributed by atoms with Gasteiger partial charge in [-0.2, -0.15) is 0 Å². The fourth-order valence-corrected chi connectivity index (χ4v) is 1.39. The fraction of sp³-hybridized carbons (Fsp3) is 0.429. The number of hydrogen-bond acceptors (Lipinski definition) is 2. The maximum absolute atomic E-state index is 8.14. The topological polar surface area (TPSA) is 60.8 Å². The molecular weight excluding hydrogens is 224 g/mol. The van der Waals surface area contributed by atoms with Crippen LogP contribution >= 0.6 is 0 Å². The summed E-state index contributed by atoms with van der Waals surface area (Å²) in [5.41, 5.74) is 10.6. The molecule has 1 aromatic carbocycles. The Balaban J connectivity index is 2.52. The molecule has 0 saturated carbocycles. The van der Waals surface area contributed by atoms with Gasteiger partial charge in [0.2, 0.25) is 0 Å². The Bertz CT molecular complexity index is 434. The standard InChI is InChI=1S/C14H20N4/c1-14(2,3)16-11-13-8-6-12(7-9-13)5-4-10-17-18-15/h4-9,16H,10-11H2,1-3H3. The largest absolute Gasteiger partial charge is 0.308 e. The SMILES string of the molecule is CC(C)(C)NCc1ccc(C=CCN=[N+]=[N-])cc1. The van der Waals surface area contributed by atoms with E-state index >= 15 is 0 Å². The van der Waals surface area contributed by atoms with Gasteiger partial charge in [0.15, 0.2) is 0 Å². The van der Waals surface area contributed by atoms with Crippen molar-refractivity contribution in [3.63, 3.8) is 0 Å². The highest BCUT2D eigenvalue weighted by Crippen LogP contribution is 2.08. The molecule has 0 radical (unpaired) electrons. The Morgan fingerprint density at radius 2 is 1.94 bits per heavy atom. The summed E-state index contributed by atoms with van der Waals surface area (Å²) in [4.78, 5) is 2.69. The summed E-state index contributed by atoms with van der Waals surface area (Å²) >= 11 is 0. The van der Waals surface area contributed by atoms with Crippen LogP contribution in [0.1, 0.15) is 31.9 Å². The van der Waals surface area contributed by atoms with Gasteiger partial charge in [-0.15, -0.1) is 0 Å². The van der Waals surface area contributed by atoms with E-state index < -0.39 is 0 Å². The number of hydrogen-bond donors (Lipinski definition) is 1. The molecule has 1 N–H and O–H groups in total. The van der Waals surface area contributed by atoms with E-state index in [1.54, 1.807) is 0 Å². The summed E-state index contributed by atoms with van der Waals surface area (Å²) < 4.78 is 0. The smallest absolute Gasteiger partial charge is 0.0443 e. The summed E-state index contributed by atoms with van der Waals surface area (Å²) in [5.74, 6) is 0. The number of rotatable bonds is 5. The zero-order valence-electron chi connectivity index (χ0n) is 11.2. The maximum atomic E-state index is 8.14. The van der Waals surface area contributed by atoms with Crippen LogP contribution in [-0.4, -0.2) is 12.1 Å². The molecule has 0 heterocycles. The highest BCUT2D eigenvalue weighted by atomic mass is 15.1. The Labute approximate surface area is 108 Å². The summed E-state index contributed by atoms with van der Waals surface area (Å²) in [6.45, 7) is 7.72. The molecule has 0 fully saturated rings. The van der Waals surface area contributed by atoms with Crippen LogP contribution in [0.4, 0.5) is 0 Å². The minimum absolute atomic E-state index is 0.133. The van der Waals surface area contributed by atoms with Crippen molar-refractivity contribution in [1.82, 2.24) is 5.32 Å². The van der Waals surface area contributed by atoms with E-state index in [0.717, 1.165) is 12.1 Å². The van der Waals surface area contributed by atoms with Crippen LogP contribution < -0.4 is 5.32 Å². The normalized spacial score (nSPS) is 11.5. The monoisotopic (exact) mass is 244 g/mol. The van der Waals surface area contributed by atoms with Gasteiger partial charge in [0, 0.05) is 23.5 Å². The van der Waals surface area contributed by atoms with E-state index in [1.807, 2.05) is 12.2 Å². The number of nitrogens with one attached hydrogen (secondary N) is 1. The first-order valence-corrected chi connectivity index (χ1v) is 6.02. The van der Waals surface area contributed by atoms with Crippen molar-refractivity contribution in [1.29, 1.82) is 0 Å². The number of nitrogens with zero attached hydrogens (tertiary/aromatic N) is 3. The molecule has 1 rings (SSSR count). The van der Waals surface area contributed by atoms with Gasteiger partial charge in [0.25, 0.3) is 0 Å². The molecule has 0 bridgehead atoms. The molecular formula is C14H20N4. The quantitative estimate of drug-likeness (QED) is 0.476. The first kappa shape index (κ1) is 14.3. The van der Waals surface area contributed by atoms with Crippen LogP contribution in [0.2, 0.25) is 0 Å². The van der Waals surface area contributed by atoms with Crippen molar-refractivity contribution < 1.29 is 0 Å². The summed E-state index contributed by atoms with van der Waals surface area (Å²) in [7, 11) is 0. The van der Waals surface area contributed by atoms with Crippen LogP contribution in [-0.2, 0) is 6.54 Å². The lowest BCUT2D eigenvalue weighted by Crippen LogP contribution is -2.35. The zero-order valence-corrected chi connectivity index (χ0v) is 11.2. The minimum Gasteiger partial charge on any atom is -0.308 e. The van der Waals surface area contributed by atoms with Crippen LogP contribution in [0.15, 0.2) is 35.5 Å². The molecule has 0 aliphatic carbocycles. The van der Waals surface area contributed by atoms with E-state index in [2.05, 4.69) is 60.4 Å². The fourth-order valence-electron chi connectivity index (χ4n) is 1.39. The minimum atomic E-state index is 0.133. The highest BCUT2D eigenvalue weighted by Gasteiger charge is 2.07. The predicted molar refractivity (Wildman–Crippen MR) is 76.1 cm³/mol. The second-order valence-electron chi connectivity index (χ2n) is 5.16. The third kappa shape index (κ3) is 6.09. The lowest BCUT2D eigenvalue weighted by Gasteiger charge is -2.20. The first-order valence-electron chi connectivity index (χ1n) is 6.02. The molecule has 0 unspecified atom stereocenters. The Morgan fingerprint density at radius 3 is 2.50 bits per heavy atom. The van der Waals surface area contributed by atoms with Crippen molar-refractivity contribution >= 4 is 6.08 Å². The summed E-state index contributed by atoms with van der Waals surface area (Å²) in [6, 6.07) is 8.33. The van der Waals surface area contributed by atoms with Crippen molar-refractivity contribution in [2.45, 2.75) is 32.9 Å². The van der Waals surface area contributed by atoms with Crippen LogP contribution in [0, 0.1) is 0 Å². The van der Waals surface area contributed by atoms with Crippen LogP contribution in [0.25, 0.3) is 16.5 Å². The maximum Gasteiger partial charge on any atom is 0.0443 e. The highest BCUT2D eigenvalue weighted by molar-refractivity contribution is 5.49. The number of benzene rings is 1. The molecule has 0 aromatic heterocycles. The van der Waals surface area contributed by atoms with Crippen molar-refractivity contribution in [2.75, 3.05) is 6.54 Å². The molecule has 0 atom stereocenters. The van der Waals surface area contributed by atoms with Gasteiger partial charge in [0.05, 0.1) is 0 Å². The lowest BCUT2D eigenvalue weighted by molar-refractivity contribution is 0.424. The molecule has 0 aliphatic heterocycles. The zero-order chi connectivity index (χ0) is 13.4. The third-order valence-electron chi connectivity index (χ3n) is 2.36. The van der Waals surface area contributed by atoms with Gasteiger partial charge in [-0.3, -0.25) is 0 Å². The van der Waals surface area contributed by atoms with Gasteiger partial charge in [-0.05, 0) is 37.4 Å². The molecule has 4 heteroatoms. The van der Waals surface area contributed by atoms with Gasteiger partial charge in [-0.1, -0.05) is 41.5 Å². The summed E-state index contributed by atoms with van der Waals surface area (Å²) in [5, 5.41) is 6.89. The van der Waals surface area contributed by atoms with Gasteiger partial charge < -0.3 is 5.32 Å². The molecule has 96 valence electrons. The Morgan fingerprint density at radius 1 is 1.28 bits per heavy atom. The van der Waals surface area contributed by atoms with E-state index in [4.69, 9.17) is 5.53 Å². The Hall–Kier alpha value is -1.77. The average Bonchev–Trinajstić information content (AvgIpc) is 2.33. The molecule has 4 nitrogen and oxygen atoms in total. The first-order chi connectivity index (χ1) is 8.51. The van der Waals surface area contributed by atoms with Gasteiger partial charge in [0.1, 0.15) is 0 Å². The predicted octanol–water partition coefficient (Wildman–Crippen LogP) is 3.90. The molecule has 1 aromatic rings. The number of azide groups is 1. The average molecular weight is 244 g/mol. The van der Waals surface area contributed by atoms with Crippen LogP contribution in [0.5, 0.6) is 0 Å². The lowest BCUT2D eigenvalue weighted by atomic mass is 10.1. The van der Waals surface area contributed by atoms with Crippen LogP contribution in [0.3, 0.4) is 0 Å². The Kier molecular flexibility index (Phi) is 5.43. The molecule has 0 saturated heterocycles. The summed E-state index contributed by atoms with van der Waals surface area (Å²) in [6.07, 6.45) is 3.80. The second-order valence-corrected chi connectivity index (χ2v) is 5.16. The van der Waals surface area contributed by atoms with E-state index in [0.29, 0.717) is 6.54 Å². The molecule has 0 spiro atoms. The van der Waals surface area contributed by atoms with Gasteiger partial charge in [-0.25, -0.2) is 0 Å². The van der Waals surface area contributed by atoms with Crippen molar-refractivity contribution in [3.05, 3.63) is 51.9 Å². The molecule has 0 aliphatic rings.